The maximum Gasteiger partial charge on any atom is 0.309 e. The van der Waals surface area contributed by atoms with E-state index in [0.29, 0.717) is 5.75 Å². The number of benzene rings is 3. The smallest absolute Gasteiger partial charge is 0.309 e. The molecule has 0 radical (unpaired) electrons. The number of carbonyl (C=O) groups excluding carboxylic acids is 1. The summed E-state index contributed by atoms with van der Waals surface area (Å²) in [6.07, 6.45) is 3.06. The fourth-order valence-electron chi connectivity index (χ4n) is 5.10. The summed E-state index contributed by atoms with van der Waals surface area (Å²) in [5.41, 5.74) is 5.27. The van der Waals surface area contributed by atoms with E-state index in [2.05, 4.69) is 25.2 Å². The molecule has 1 heterocycles. The van der Waals surface area contributed by atoms with E-state index < -0.39 is 0 Å². The molecule has 2 aliphatic rings. The molecule has 2 N–H and O–H groups in total. The molecule has 3 aromatic rings. The highest BCUT2D eigenvalue weighted by Gasteiger charge is 2.34. The summed E-state index contributed by atoms with van der Waals surface area (Å²) >= 11 is 0. The lowest BCUT2D eigenvalue weighted by Gasteiger charge is -2.26. The molecule has 7 heteroatoms. The van der Waals surface area contributed by atoms with Gasteiger partial charge in [0.25, 0.3) is 0 Å². The topological polar surface area (TPSA) is 86.2 Å². The lowest BCUT2D eigenvalue weighted by molar-refractivity contribution is -0.154. The van der Waals surface area contributed by atoms with Crippen LogP contribution in [0.2, 0.25) is 0 Å². The Hall–Kier alpha value is -3.97. The van der Waals surface area contributed by atoms with Crippen molar-refractivity contribution in [2.24, 2.45) is 5.92 Å². The van der Waals surface area contributed by atoms with E-state index >= 15 is 0 Å². The zero-order valence-electron chi connectivity index (χ0n) is 23.3. The minimum Gasteiger partial charge on any atom is -0.508 e. The third-order valence-corrected chi connectivity index (χ3v) is 7.53. The largest absolute Gasteiger partial charge is 0.508 e. The van der Waals surface area contributed by atoms with Crippen molar-refractivity contribution in [1.29, 1.82) is 0 Å². The molecule has 1 aliphatic heterocycles. The Bertz CT molecular complexity index is 1340. The predicted octanol–water partition coefficient (Wildman–Crippen LogP) is 6.19. The van der Waals surface area contributed by atoms with E-state index in [1.807, 2.05) is 55.6 Å². The lowest BCUT2D eigenvalue weighted by atomic mass is 9.88. The van der Waals surface area contributed by atoms with Gasteiger partial charge in [-0.15, -0.1) is 0 Å². The molecule has 1 aliphatic carbocycles. The normalized spacial score (nSPS) is 16.2. The van der Waals surface area contributed by atoms with Crippen molar-refractivity contribution < 1.29 is 28.8 Å². The fraction of sp³-hybridized carbons (Fsp3) is 0.364. The standard InChI is InChI=1S/C33H37NO6/c1-4-27(24-12-17-29-30(18-24)39-20-38-29)32(21-8-13-25(35)14-9-21)22-10-15-26(16-11-22)37-19-31(28(5-2)34-3)40-33(36)23-6-7-23/h8-18,23,28,31,34-35H,4-7,19-20H2,1-3H3. The van der Waals surface area contributed by atoms with Crippen molar-refractivity contribution in [3.63, 3.8) is 0 Å². The van der Waals surface area contributed by atoms with Gasteiger partial charge >= 0.3 is 5.97 Å². The molecule has 210 valence electrons. The second-order valence-corrected chi connectivity index (χ2v) is 10.2. The summed E-state index contributed by atoms with van der Waals surface area (Å²) in [6, 6.07) is 21.3. The average molecular weight is 544 g/mol. The molecule has 3 aromatic carbocycles. The quantitative estimate of drug-likeness (QED) is 0.208. The van der Waals surface area contributed by atoms with Gasteiger partial charge in [0.2, 0.25) is 6.79 Å². The van der Waals surface area contributed by atoms with E-state index in [4.69, 9.17) is 18.9 Å². The molecule has 0 bridgehead atoms. The van der Waals surface area contributed by atoms with Crippen LogP contribution in [0.25, 0.3) is 11.1 Å². The highest BCUT2D eigenvalue weighted by molar-refractivity contribution is 5.99. The maximum atomic E-state index is 12.4. The molecule has 40 heavy (non-hydrogen) atoms. The minimum absolute atomic E-state index is 0.0137. The number of likely N-dealkylation sites (N-methyl/N-ethyl adjacent to an activating group) is 1. The van der Waals surface area contributed by atoms with Crippen molar-refractivity contribution in [2.75, 3.05) is 20.4 Å². The Balaban J connectivity index is 1.42. The lowest BCUT2D eigenvalue weighted by Crippen LogP contribution is -2.44. The van der Waals surface area contributed by atoms with Crippen LogP contribution in [0.3, 0.4) is 0 Å². The van der Waals surface area contributed by atoms with E-state index in [0.717, 1.165) is 65.0 Å². The van der Waals surface area contributed by atoms with Crippen LogP contribution in [0, 0.1) is 5.92 Å². The van der Waals surface area contributed by atoms with E-state index in [9.17, 15) is 9.90 Å². The Labute approximate surface area is 235 Å². The van der Waals surface area contributed by atoms with Crippen LogP contribution in [-0.2, 0) is 9.53 Å². The first-order chi connectivity index (χ1) is 19.5. The van der Waals surface area contributed by atoms with Crippen molar-refractivity contribution >= 4 is 17.1 Å². The number of ether oxygens (including phenoxy) is 4. The number of hydrogen-bond acceptors (Lipinski definition) is 7. The van der Waals surface area contributed by atoms with Gasteiger partial charge in [0, 0.05) is 6.04 Å². The summed E-state index contributed by atoms with van der Waals surface area (Å²) in [5, 5.41) is 13.2. The number of allylic oxidation sites excluding steroid dienone is 1. The van der Waals surface area contributed by atoms with E-state index in [-0.39, 0.29) is 43.2 Å². The van der Waals surface area contributed by atoms with Crippen LogP contribution >= 0.6 is 0 Å². The Morgan fingerprint density at radius 2 is 1.60 bits per heavy atom. The van der Waals surface area contributed by atoms with Gasteiger partial charge in [-0.05, 0) is 97.0 Å². The van der Waals surface area contributed by atoms with Gasteiger partial charge in [0.15, 0.2) is 17.6 Å². The number of fused-ring (bicyclic) bond motifs is 1. The second kappa shape index (κ2) is 12.5. The minimum atomic E-state index is -0.368. The highest BCUT2D eigenvalue weighted by atomic mass is 16.7. The van der Waals surface area contributed by atoms with Crippen molar-refractivity contribution in [3.8, 4) is 23.0 Å². The molecule has 0 amide bonds. The van der Waals surface area contributed by atoms with Gasteiger partial charge in [0.05, 0.1) is 5.92 Å². The van der Waals surface area contributed by atoms with E-state index in [1.165, 1.54) is 0 Å². The average Bonchev–Trinajstić information content (AvgIpc) is 3.73. The summed E-state index contributed by atoms with van der Waals surface area (Å²) < 4.78 is 23.1. The van der Waals surface area contributed by atoms with Crippen molar-refractivity contribution in [1.82, 2.24) is 5.32 Å². The van der Waals surface area contributed by atoms with Crippen LogP contribution in [0.5, 0.6) is 23.0 Å². The number of nitrogens with one attached hydrogen (secondary N) is 1. The molecule has 1 saturated carbocycles. The molecule has 7 nitrogen and oxygen atoms in total. The molecule has 5 rings (SSSR count). The number of rotatable bonds is 12. The Kier molecular flexibility index (Phi) is 8.60. The number of hydrogen-bond donors (Lipinski definition) is 2. The number of esters is 1. The highest BCUT2D eigenvalue weighted by Crippen LogP contribution is 2.40. The molecule has 0 saturated heterocycles. The van der Waals surface area contributed by atoms with Gasteiger partial charge in [-0.1, -0.05) is 44.2 Å². The van der Waals surface area contributed by atoms with Gasteiger partial charge in [-0.3, -0.25) is 4.79 Å². The fourth-order valence-corrected chi connectivity index (χ4v) is 5.10. The van der Waals surface area contributed by atoms with Crippen molar-refractivity contribution in [2.45, 2.75) is 51.7 Å². The number of carbonyl (C=O) groups is 1. The Morgan fingerprint density at radius 3 is 2.23 bits per heavy atom. The monoisotopic (exact) mass is 543 g/mol. The van der Waals surface area contributed by atoms with E-state index in [1.54, 1.807) is 12.1 Å². The molecular weight excluding hydrogens is 506 g/mol. The maximum absolute atomic E-state index is 12.4. The third kappa shape index (κ3) is 6.26. The molecule has 2 atom stereocenters. The van der Waals surface area contributed by atoms with Gasteiger partial charge in [-0.25, -0.2) is 0 Å². The van der Waals surface area contributed by atoms with Gasteiger partial charge in [0.1, 0.15) is 18.1 Å². The second-order valence-electron chi connectivity index (χ2n) is 10.2. The molecule has 2 unspecified atom stereocenters. The zero-order chi connectivity index (χ0) is 28.1. The molecule has 0 spiro atoms. The SMILES string of the molecule is CCC(=C(c1ccc(O)cc1)c1ccc(OCC(OC(=O)C2CC2)C(CC)NC)cc1)c1ccc2c(c1)OCO2. The first kappa shape index (κ1) is 27.6. The van der Waals surface area contributed by atoms with Gasteiger partial charge in [-0.2, -0.15) is 0 Å². The van der Waals surface area contributed by atoms with Crippen LogP contribution < -0.4 is 19.5 Å². The molecule has 1 fully saturated rings. The number of phenolic OH excluding ortho intramolecular Hbond substituents is 1. The molecule has 0 aromatic heterocycles. The van der Waals surface area contributed by atoms with Crippen LogP contribution in [0.15, 0.2) is 66.7 Å². The predicted molar refractivity (Wildman–Crippen MR) is 155 cm³/mol. The first-order valence-electron chi connectivity index (χ1n) is 14.0. The summed E-state index contributed by atoms with van der Waals surface area (Å²) in [4.78, 5) is 12.4. The van der Waals surface area contributed by atoms with Crippen LogP contribution in [-0.4, -0.2) is 43.7 Å². The van der Waals surface area contributed by atoms with Gasteiger partial charge < -0.3 is 29.4 Å². The zero-order valence-corrected chi connectivity index (χ0v) is 23.3. The molecular formula is C33H37NO6. The van der Waals surface area contributed by atoms with Crippen LogP contribution in [0.1, 0.15) is 56.2 Å². The summed E-state index contributed by atoms with van der Waals surface area (Å²) in [7, 11) is 1.88. The third-order valence-electron chi connectivity index (χ3n) is 7.53. The van der Waals surface area contributed by atoms with Crippen LogP contribution in [0.4, 0.5) is 0 Å². The summed E-state index contributed by atoms with van der Waals surface area (Å²) in [6.45, 7) is 4.70. The Morgan fingerprint density at radius 1 is 0.950 bits per heavy atom. The summed E-state index contributed by atoms with van der Waals surface area (Å²) in [5.74, 6) is 2.32. The number of phenols is 1. The number of aromatic hydroxyl groups is 1. The van der Waals surface area contributed by atoms with Crippen molar-refractivity contribution in [3.05, 3.63) is 83.4 Å². The first-order valence-corrected chi connectivity index (χ1v) is 14.0.